The number of rotatable bonds is 4. The van der Waals surface area contributed by atoms with E-state index < -0.39 is 5.60 Å². The van der Waals surface area contributed by atoms with Gasteiger partial charge >= 0.3 is 0 Å². The van der Waals surface area contributed by atoms with Crippen LogP contribution in [-0.2, 0) is 6.54 Å². The van der Waals surface area contributed by atoms with Crippen LogP contribution >= 0.6 is 0 Å². The molecule has 0 atom stereocenters. The highest BCUT2D eigenvalue weighted by molar-refractivity contribution is 5.91. The van der Waals surface area contributed by atoms with Crippen LogP contribution in [0.4, 0.5) is 0 Å². The van der Waals surface area contributed by atoms with E-state index in [1.807, 2.05) is 12.1 Å². The molecule has 7 nitrogen and oxygen atoms in total. The molecule has 0 fully saturated rings. The van der Waals surface area contributed by atoms with Gasteiger partial charge in [-0.05, 0) is 44.0 Å². The Morgan fingerprint density at radius 2 is 2.15 bits per heavy atom. The topological polar surface area (TPSA) is 92.6 Å². The van der Waals surface area contributed by atoms with Gasteiger partial charge in [0.05, 0.1) is 6.54 Å². The molecule has 0 bridgehead atoms. The van der Waals surface area contributed by atoms with E-state index >= 15 is 0 Å². The van der Waals surface area contributed by atoms with Gasteiger partial charge in [-0.1, -0.05) is 11.1 Å². The minimum absolute atomic E-state index is 0.157. The van der Waals surface area contributed by atoms with Crippen molar-refractivity contribution in [3.05, 3.63) is 60.0 Å². The van der Waals surface area contributed by atoms with Gasteiger partial charge in [0.2, 0.25) is 0 Å². The predicted molar refractivity (Wildman–Crippen MR) is 97.4 cm³/mol. The van der Waals surface area contributed by atoms with Gasteiger partial charge in [0.25, 0.3) is 5.91 Å². The average molecular weight is 365 g/mol. The minimum Gasteiger partial charge on any atom is -0.443 e. The molecule has 138 valence electrons. The standard InChI is InChI=1S/C20H19N3O4/c1-20(2,25)9-8-15-6-7-18(26-15)19(24)23(3)13-16-11-17(22-27-16)14-5-4-10-21-12-14/h4-7,10-12,25H,13H2,1-3H3. The summed E-state index contributed by atoms with van der Waals surface area (Å²) in [5.41, 5.74) is 0.357. The SMILES string of the molecule is CN(Cc1cc(-c2cccnc2)no1)C(=O)c1ccc(C#CC(C)(C)O)o1. The van der Waals surface area contributed by atoms with E-state index in [1.54, 1.807) is 51.5 Å². The number of pyridine rings is 1. The Morgan fingerprint density at radius 3 is 2.85 bits per heavy atom. The fourth-order valence-corrected chi connectivity index (χ4v) is 2.27. The van der Waals surface area contributed by atoms with Gasteiger partial charge in [-0.2, -0.15) is 0 Å². The van der Waals surface area contributed by atoms with E-state index in [0.29, 0.717) is 17.2 Å². The zero-order valence-corrected chi connectivity index (χ0v) is 15.3. The van der Waals surface area contributed by atoms with Crippen molar-refractivity contribution >= 4 is 5.91 Å². The quantitative estimate of drug-likeness (QED) is 0.715. The fraction of sp³-hybridized carbons (Fsp3) is 0.250. The molecule has 7 heteroatoms. The summed E-state index contributed by atoms with van der Waals surface area (Å²) in [5.74, 6) is 6.03. The Kier molecular flexibility index (Phi) is 5.10. The fourth-order valence-electron chi connectivity index (χ4n) is 2.27. The van der Waals surface area contributed by atoms with E-state index in [0.717, 1.165) is 5.56 Å². The average Bonchev–Trinajstić information content (AvgIpc) is 3.29. The summed E-state index contributed by atoms with van der Waals surface area (Å²) in [4.78, 5) is 18.0. The van der Waals surface area contributed by atoms with Crippen LogP contribution in [0.1, 0.15) is 35.9 Å². The Bertz CT molecular complexity index is 987. The molecule has 0 unspecified atom stereocenters. The molecule has 0 spiro atoms. The summed E-state index contributed by atoms with van der Waals surface area (Å²) < 4.78 is 10.7. The highest BCUT2D eigenvalue weighted by atomic mass is 16.5. The van der Waals surface area contributed by atoms with Gasteiger partial charge < -0.3 is 18.9 Å². The van der Waals surface area contributed by atoms with Gasteiger partial charge in [0.1, 0.15) is 11.3 Å². The molecule has 3 aromatic rings. The smallest absolute Gasteiger partial charge is 0.289 e. The maximum absolute atomic E-state index is 12.5. The molecule has 0 aliphatic carbocycles. The van der Waals surface area contributed by atoms with E-state index in [4.69, 9.17) is 8.94 Å². The zero-order valence-electron chi connectivity index (χ0n) is 15.3. The van der Waals surface area contributed by atoms with E-state index in [1.165, 1.54) is 4.90 Å². The van der Waals surface area contributed by atoms with Crippen molar-refractivity contribution in [2.75, 3.05) is 7.05 Å². The van der Waals surface area contributed by atoms with Crippen LogP contribution < -0.4 is 0 Å². The van der Waals surface area contributed by atoms with Crippen LogP contribution in [0, 0.1) is 11.8 Å². The second-order valence-corrected chi connectivity index (χ2v) is 6.55. The number of nitrogens with zero attached hydrogens (tertiary/aromatic N) is 3. The first-order chi connectivity index (χ1) is 12.8. The molecule has 0 aliphatic rings. The molecule has 3 aromatic heterocycles. The molecular formula is C20H19N3O4. The van der Waals surface area contributed by atoms with E-state index in [2.05, 4.69) is 22.0 Å². The number of hydrogen-bond acceptors (Lipinski definition) is 6. The van der Waals surface area contributed by atoms with Crippen molar-refractivity contribution < 1.29 is 18.8 Å². The summed E-state index contributed by atoms with van der Waals surface area (Å²) in [6.45, 7) is 3.37. The molecule has 1 amide bonds. The predicted octanol–water partition coefficient (Wildman–Crippen LogP) is 2.72. The lowest BCUT2D eigenvalue weighted by atomic mass is 10.1. The lowest BCUT2D eigenvalue weighted by molar-refractivity contribution is 0.0740. The van der Waals surface area contributed by atoms with Gasteiger partial charge in [0.15, 0.2) is 17.3 Å². The summed E-state index contributed by atoms with van der Waals surface area (Å²) in [7, 11) is 1.64. The summed E-state index contributed by atoms with van der Waals surface area (Å²) in [6, 6.07) is 8.60. The number of amides is 1. The molecular weight excluding hydrogens is 346 g/mol. The number of furan rings is 1. The maximum atomic E-state index is 12.5. The first-order valence-electron chi connectivity index (χ1n) is 8.29. The van der Waals surface area contributed by atoms with Crippen molar-refractivity contribution in [1.82, 2.24) is 15.0 Å². The minimum atomic E-state index is -1.13. The van der Waals surface area contributed by atoms with E-state index in [-0.39, 0.29) is 18.2 Å². The number of carbonyl (C=O) groups excluding carboxylic acids is 1. The lowest BCUT2D eigenvalue weighted by Gasteiger charge is -2.13. The third-order valence-electron chi connectivity index (χ3n) is 3.56. The monoisotopic (exact) mass is 365 g/mol. The third-order valence-corrected chi connectivity index (χ3v) is 3.56. The van der Waals surface area contributed by atoms with Crippen LogP contribution in [-0.4, -0.2) is 38.7 Å². The van der Waals surface area contributed by atoms with Crippen molar-refractivity contribution in [3.63, 3.8) is 0 Å². The normalized spacial score (nSPS) is 11.0. The Balaban J connectivity index is 1.67. The summed E-state index contributed by atoms with van der Waals surface area (Å²) in [5, 5.41) is 13.6. The molecule has 0 saturated heterocycles. The molecule has 0 saturated carbocycles. The number of hydrogen-bond donors (Lipinski definition) is 1. The molecule has 0 aromatic carbocycles. The lowest BCUT2D eigenvalue weighted by Crippen LogP contribution is -2.25. The van der Waals surface area contributed by atoms with E-state index in [9.17, 15) is 9.90 Å². The maximum Gasteiger partial charge on any atom is 0.289 e. The van der Waals surface area contributed by atoms with Crippen LogP contribution in [0.25, 0.3) is 11.3 Å². The zero-order chi connectivity index (χ0) is 19.4. The van der Waals surface area contributed by atoms with Crippen molar-refractivity contribution in [1.29, 1.82) is 0 Å². The van der Waals surface area contributed by atoms with Crippen LogP contribution in [0.3, 0.4) is 0 Å². The second-order valence-electron chi connectivity index (χ2n) is 6.55. The van der Waals surface area contributed by atoms with Crippen LogP contribution in [0.2, 0.25) is 0 Å². The second kappa shape index (κ2) is 7.48. The number of aliphatic hydroxyl groups is 1. The number of carbonyl (C=O) groups is 1. The Hall–Kier alpha value is -3.37. The van der Waals surface area contributed by atoms with Gasteiger partial charge in [0, 0.05) is 31.1 Å². The highest BCUT2D eigenvalue weighted by Crippen LogP contribution is 2.19. The Labute approximate surface area is 156 Å². The first kappa shape index (κ1) is 18.4. The van der Waals surface area contributed by atoms with Crippen molar-refractivity contribution in [3.8, 4) is 23.1 Å². The van der Waals surface area contributed by atoms with Crippen LogP contribution in [0.5, 0.6) is 0 Å². The molecule has 1 N–H and O–H groups in total. The van der Waals surface area contributed by atoms with Gasteiger partial charge in [-0.25, -0.2) is 0 Å². The van der Waals surface area contributed by atoms with Crippen molar-refractivity contribution in [2.45, 2.75) is 26.0 Å². The van der Waals surface area contributed by atoms with Gasteiger partial charge in [-0.15, -0.1) is 0 Å². The molecule has 0 aliphatic heterocycles. The summed E-state index contributed by atoms with van der Waals surface area (Å²) >= 11 is 0. The highest BCUT2D eigenvalue weighted by Gasteiger charge is 2.18. The largest absolute Gasteiger partial charge is 0.443 e. The van der Waals surface area contributed by atoms with Crippen molar-refractivity contribution in [2.24, 2.45) is 0 Å². The molecule has 3 heterocycles. The Morgan fingerprint density at radius 1 is 1.33 bits per heavy atom. The van der Waals surface area contributed by atoms with Crippen LogP contribution in [0.15, 0.2) is 51.7 Å². The van der Waals surface area contributed by atoms with Gasteiger partial charge in [-0.3, -0.25) is 9.78 Å². The number of aromatic nitrogens is 2. The third kappa shape index (κ3) is 4.84. The molecule has 0 radical (unpaired) electrons. The molecule has 3 rings (SSSR count). The first-order valence-corrected chi connectivity index (χ1v) is 8.29. The molecule has 27 heavy (non-hydrogen) atoms. The summed E-state index contributed by atoms with van der Waals surface area (Å²) in [6.07, 6.45) is 3.37.